The van der Waals surface area contributed by atoms with Gasteiger partial charge in [-0.15, -0.1) is 11.3 Å². The number of nitrogens with zero attached hydrogens (tertiary/aromatic N) is 3. The van der Waals surface area contributed by atoms with E-state index in [1.54, 1.807) is 6.92 Å². The van der Waals surface area contributed by atoms with Crippen molar-refractivity contribution >= 4 is 23.0 Å². The summed E-state index contributed by atoms with van der Waals surface area (Å²) in [7, 11) is 0. The monoisotopic (exact) mass is 294 g/mol. The third-order valence-corrected chi connectivity index (χ3v) is 3.32. The number of rotatable bonds is 6. The van der Waals surface area contributed by atoms with Crippen LogP contribution in [0.5, 0.6) is 5.88 Å². The highest BCUT2D eigenvalue weighted by molar-refractivity contribution is 7.09. The van der Waals surface area contributed by atoms with Gasteiger partial charge < -0.3 is 10.1 Å². The quantitative estimate of drug-likeness (QED) is 0.650. The van der Waals surface area contributed by atoms with Gasteiger partial charge in [0.1, 0.15) is 12.3 Å². The van der Waals surface area contributed by atoms with Gasteiger partial charge in [0, 0.05) is 11.4 Å². The van der Waals surface area contributed by atoms with Crippen LogP contribution in [0.3, 0.4) is 0 Å². The molecular weight excluding hydrogens is 280 g/mol. The number of hydrogen-bond donors (Lipinski definition) is 1. The fraction of sp³-hybridized carbons (Fsp3) is 0.333. The Morgan fingerprint density at radius 2 is 2.30 bits per heavy atom. The van der Waals surface area contributed by atoms with Crippen LogP contribution in [0, 0.1) is 17.0 Å². The molecule has 2 aromatic heterocycles. The molecule has 0 saturated heterocycles. The largest absolute Gasteiger partial charge is 0.467 e. The average molecular weight is 294 g/mol. The first-order valence-corrected chi connectivity index (χ1v) is 6.92. The van der Waals surface area contributed by atoms with Gasteiger partial charge in [-0.3, -0.25) is 10.1 Å². The Hall–Kier alpha value is -2.22. The topological polar surface area (TPSA) is 90.2 Å². The van der Waals surface area contributed by atoms with Crippen LogP contribution in [0.4, 0.5) is 11.6 Å². The minimum Gasteiger partial charge on any atom is -0.467 e. The number of nitrogens with one attached hydrogen (secondary N) is 1. The molecule has 0 atom stereocenters. The summed E-state index contributed by atoms with van der Waals surface area (Å²) in [5.41, 5.74) is 0.0883. The first-order chi connectivity index (χ1) is 9.61. The van der Waals surface area contributed by atoms with E-state index in [1.807, 2.05) is 24.4 Å². The normalized spacial score (nSPS) is 10.3. The molecule has 8 heteroatoms. The molecule has 2 rings (SSSR count). The first-order valence-electron chi connectivity index (χ1n) is 6.04. The van der Waals surface area contributed by atoms with E-state index in [4.69, 9.17) is 4.74 Å². The fourth-order valence-electron chi connectivity index (χ4n) is 1.62. The highest BCUT2D eigenvalue weighted by Crippen LogP contribution is 2.29. The molecule has 1 N–H and O–H groups in total. The van der Waals surface area contributed by atoms with Crippen molar-refractivity contribution in [3.63, 3.8) is 0 Å². The summed E-state index contributed by atoms with van der Waals surface area (Å²) in [5, 5.41) is 15.9. The van der Waals surface area contributed by atoms with Crippen molar-refractivity contribution in [3.8, 4) is 5.88 Å². The standard InChI is InChI=1S/C12H14N4O3S/c1-3-13-12-14-8(2)10(16(17)18)11(15-12)19-7-9-5-4-6-20-9/h4-6H,3,7H2,1-2H3,(H,13,14,15). The highest BCUT2D eigenvalue weighted by Gasteiger charge is 2.23. The van der Waals surface area contributed by atoms with Crippen LogP contribution in [0.15, 0.2) is 17.5 Å². The molecule has 0 aliphatic carbocycles. The third-order valence-electron chi connectivity index (χ3n) is 2.48. The molecule has 106 valence electrons. The number of hydrogen-bond acceptors (Lipinski definition) is 7. The number of nitro groups is 1. The molecule has 0 radical (unpaired) electrons. The van der Waals surface area contributed by atoms with E-state index in [9.17, 15) is 10.1 Å². The molecule has 2 aromatic rings. The van der Waals surface area contributed by atoms with Crippen LogP contribution in [0.1, 0.15) is 17.5 Å². The minimum atomic E-state index is -0.519. The van der Waals surface area contributed by atoms with Gasteiger partial charge in [0.25, 0.3) is 5.88 Å². The predicted octanol–water partition coefficient (Wildman–Crippen LogP) is 2.77. The lowest BCUT2D eigenvalue weighted by Gasteiger charge is -2.08. The molecule has 0 aliphatic heterocycles. The van der Waals surface area contributed by atoms with Crippen LogP contribution in [0.2, 0.25) is 0 Å². The van der Waals surface area contributed by atoms with Gasteiger partial charge in [-0.1, -0.05) is 6.07 Å². The lowest BCUT2D eigenvalue weighted by Crippen LogP contribution is -2.08. The Kier molecular flexibility index (Phi) is 4.46. The number of ether oxygens (including phenoxy) is 1. The van der Waals surface area contributed by atoms with Gasteiger partial charge in [-0.2, -0.15) is 4.98 Å². The molecule has 20 heavy (non-hydrogen) atoms. The maximum absolute atomic E-state index is 11.1. The second-order valence-electron chi connectivity index (χ2n) is 3.94. The first kappa shape index (κ1) is 14.2. The zero-order chi connectivity index (χ0) is 14.5. The second kappa shape index (κ2) is 6.29. The second-order valence-corrected chi connectivity index (χ2v) is 4.97. The van der Waals surface area contributed by atoms with E-state index in [1.165, 1.54) is 11.3 Å². The summed E-state index contributed by atoms with van der Waals surface area (Å²) in [5.74, 6) is 0.323. The van der Waals surface area contributed by atoms with Crippen LogP contribution >= 0.6 is 11.3 Å². The summed E-state index contributed by atoms with van der Waals surface area (Å²) in [6, 6.07) is 3.79. The van der Waals surface area contributed by atoms with Gasteiger partial charge in [0.05, 0.1) is 4.92 Å². The van der Waals surface area contributed by atoms with Crippen molar-refractivity contribution < 1.29 is 9.66 Å². The predicted molar refractivity (Wildman–Crippen MR) is 76.2 cm³/mol. The van der Waals surface area contributed by atoms with Crippen molar-refractivity contribution in [2.24, 2.45) is 0 Å². The summed E-state index contributed by atoms with van der Waals surface area (Å²) >= 11 is 1.52. The average Bonchev–Trinajstić information content (AvgIpc) is 2.88. The number of thiophene rings is 1. The van der Waals surface area contributed by atoms with Gasteiger partial charge in [-0.05, 0) is 25.3 Å². The Morgan fingerprint density at radius 1 is 1.50 bits per heavy atom. The van der Waals surface area contributed by atoms with Crippen LogP contribution in [-0.2, 0) is 6.61 Å². The molecular formula is C12H14N4O3S. The van der Waals surface area contributed by atoms with E-state index in [2.05, 4.69) is 15.3 Å². The molecule has 7 nitrogen and oxygen atoms in total. The smallest absolute Gasteiger partial charge is 0.352 e. The molecule has 0 unspecified atom stereocenters. The zero-order valence-corrected chi connectivity index (χ0v) is 11.9. The van der Waals surface area contributed by atoms with Gasteiger partial charge >= 0.3 is 5.69 Å². The zero-order valence-electron chi connectivity index (χ0n) is 11.1. The molecule has 0 saturated carbocycles. The van der Waals surface area contributed by atoms with Crippen molar-refractivity contribution in [3.05, 3.63) is 38.2 Å². The summed E-state index contributed by atoms with van der Waals surface area (Å²) in [6.07, 6.45) is 0. The minimum absolute atomic E-state index is 0.00755. The molecule has 0 amide bonds. The maximum Gasteiger partial charge on any atom is 0.352 e. The van der Waals surface area contributed by atoms with Crippen molar-refractivity contribution in [1.82, 2.24) is 9.97 Å². The van der Waals surface area contributed by atoms with Crippen molar-refractivity contribution in [1.29, 1.82) is 0 Å². The van der Waals surface area contributed by atoms with Crippen LogP contribution in [0.25, 0.3) is 0 Å². The van der Waals surface area contributed by atoms with E-state index in [0.29, 0.717) is 12.5 Å². The molecule has 0 aromatic carbocycles. The number of aromatic nitrogens is 2. The van der Waals surface area contributed by atoms with E-state index < -0.39 is 4.92 Å². The fourth-order valence-corrected chi connectivity index (χ4v) is 2.24. The maximum atomic E-state index is 11.1. The van der Waals surface area contributed by atoms with E-state index >= 15 is 0 Å². The third kappa shape index (κ3) is 3.21. The van der Waals surface area contributed by atoms with E-state index in [-0.39, 0.29) is 23.9 Å². The van der Waals surface area contributed by atoms with Gasteiger partial charge in [0.15, 0.2) is 0 Å². The van der Waals surface area contributed by atoms with Gasteiger partial charge in [0.2, 0.25) is 5.95 Å². The molecule has 0 aliphatic rings. The van der Waals surface area contributed by atoms with Crippen LogP contribution in [-0.4, -0.2) is 21.4 Å². The van der Waals surface area contributed by atoms with Crippen molar-refractivity contribution in [2.75, 3.05) is 11.9 Å². The lowest BCUT2D eigenvalue weighted by molar-refractivity contribution is -0.387. The molecule has 0 bridgehead atoms. The molecule has 0 fully saturated rings. The number of aryl methyl sites for hydroxylation is 1. The highest BCUT2D eigenvalue weighted by atomic mass is 32.1. The van der Waals surface area contributed by atoms with Crippen LogP contribution < -0.4 is 10.1 Å². The SMILES string of the molecule is CCNc1nc(C)c([N+](=O)[O-])c(OCc2cccs2)n1. The van der Waals surface area contributed by atoms with Crippen molar-refractivity contribution in [2.45, 2.75) is 20.5 Å². The summed E-state index contributed by atoms with van der Waals surface area (Å²) in [4.78, 5) is 19.7. The Balaban J connectivity index is 2.29. The van der Waals surface area contributed by atoms with E-state index in [0.717, 1.165) is 4.88 Å². The summed E-state index contributed by atoms with van der Waals surface area (Å²) < 4.78 is 5.49. The Labute approximate surface area is 119 Å². The Morgan fingerprint density at radius 3 is 2.90 bits per heavy atom. The number of anilines is 1. The molecule has 2 heterocycles. The lowest BCUT2D eigenvalue weighted by atomic mass is 10.3. The molecule has 0 spiro atoms. The van der Waals surface area contributed by atoms with Gasteiger partial charge in [-0.25, -0.2) is 4.98 Å². The Bertz CT molecular complexity index is 601. The summed E-state index contributed by atoms with van der Waals surface area (Å²) in [6.45, 7) is 4.34.